The second-order valence-corrected chi connectivity index (χ2v) is 7.80. The highest BCUT2D eigenvalue weighted by atomic mass is 16.6. The number of hydrogen-bond acceptors (Lipinski definition) is 9. The lowest BCUT2D eigenvalue weighted by atomic mass is 9.76. The van der Waals surface area contributed by atoms with Gasteiger partial charge in [-0.05, 0) is 32.4 Å². The van der Waals surface area contributed by atoms with Gasteiger partial charge in [-0.25, -0.2) is 15.0 Å². The van der Waals surface area contributed by atoms with Gasteiger partial charge in [0.05, 0.1) is 6.33 Å². The molecule has 27 heavy (non-hydrogen) atoms. The third-order valence-corrected chi connectivity index (χ3v) is 6.45. The van der Waals surface area contributed by atoms with Crippen LogP contribution in [0.5, 0.6) is 0 Å². The SMILES string of the molecule is Nc1ncnc2c1ncn2[C@@H]1O[C@H](CN2CCC23CCNCC3)[C@@H](O)[C@H]1O. The van der Waals surface area contributed by atoms with Gasteiger partial charge in [0.15, 0.2) is 17.7 Å². The number of nitrogens with zero attached hydrogens (tertiary/aromatic N) is 5. The van der Waals surface area contributed by atoms with Crippen LogP contribution in [0.2, 0.25) is 0 Å². The van der Waals surface area contributed by atoms with Gasteiger partial charge in [0.2, 0.25) is 0 Å². The van der Waals surface area contributed by atoms with Gasteiger partial charge in [-0.2, -0.15) is 0 Å². The third-order valence-electron chi connectivity index (χ3n) is 6.45. The van der Waals surface area contributed by atoms with E-state index in [2.05, 4.69) is 25.2 Å². The molecule has 0 bridgehead atoms. The van der Waals surface area contributed by atoms with Crippen LogP contribution >= 0.6 is 0 Å². The topological polar surface area (TPSA) is 135 Å². The molecule has 3 saturated heterocycles. The monoisotopic (exact) mass is 375 g/mol. The van der Waals surface area contributed by atoms with E-state index < -0.39 is 24.5 Å². The molecular weight excluding hydrogens is 350 g/mol. The fourth-order valence-electron chi connectivity index (χ4n) is 4.71. The Morgan fingerprint density at radius 3 is 2.74 bits per heavy atom. The smallest absolute Gasteiger partial charge is 0.167 e. The van der Waals surface area contributed by atoms with Gasteiger partial charge in [-0.3, -0.25) is 9.47 Å². The van der Waals surface area contributed by atoms with Crippen molar-refractivity contribution in [1.29, 1.82) is 0 Å². The van der Waals surface area contributed by atoms with Gasteiger partial charge in [-0.15, -0.1) is 0 Å². The average Bonchev–Trinajstić information content (AvgIpc) is 3.23. The van der Waals surface area contributed by atoms with Crippen LogP contribution in [0.4, 0.5) is 5.82 Å². The number of aliphatic hydroxyl groups is 2. The van der Waals surface area contributed by atoms with Crippen molar-refractivity contribution in [3.8, 4) is 0 Å². The Labute approximate surface area is 156 Å². The minimum Gasteiger partial charge on any atom is -0.387 e. The van der Waals surface area contributed by atoms with Crippen molar-refractivity contribution in [3.63, 3.8) is 0 Å². The number of anilines is 1. The van der Waals surface area contributed by atoms with E-state index in [0.717, 1.165) is 32.5 Å². The number of ether oxygens (including phenoxy) is 1. The van der Waals surface area contributed by atoms with E-state index in [1.807, 2.05) is 0 Å². The van der Waals surface area contributed by atoms with Crippen LogP contribution in [0, 0.1) is 0 Å². The number of piperidine rings is 1. The molecule has 3 aliphatic rings. The van der Waals surface area contributed by atoms with Crippen molar-refractivity contribution >= 4 is 17.0 Å². The normalized spacial score (nSPS) is 33.6. The number of aliphatic hydroxyl groups excluding tert-OH is 2. The Morgan fingerprint density at radius 2 is 2.00 bits per heavy atom. The lowest BCUT2D eigenvalue weighted by molar-refractivity contribution is -0.0963. The van der Waals surface area contributed by atoms with Crippen molar-refractivity contribution < 1.29 is 14.9 Å². The van der Waals surface area contributed by atoms with Crippen LogP contribution < -0.4 is 11.1 Å². The number of rotatable bonds is 3. The number of nitrogen functional groups attached to an aromatic ring is 1. The van der Waals surface area contributed by atoms with Gasteiger partial charge in [0.1, 0.15) is 30.2 Å². The maximum absolute atomic E-state index is 10.6. The number of hydrogen-bond donors (Lipinski definition) is 4. The largest absolute Gasteiger partial charge is 0.387 e. The van der Waals surface area contributed by atoms with E-state index in [4.69, 9.17) is 10.5 Å². The quantitative estimate of drug-likeness (QED) is 0.525. The molecule has 5 N–H and O–H groups in total. The molecule has 146 valence electrons. The molecule has 0 radical (unpaired) electrons. The summed E-state index contributed by atoms with van der Waals surface area (Å²) < 4.78 is 7.71. The summed E-state index contributed by atoms with van der Waals surface area (Å²) in [7, 11) is 0. The maximum Gasteiger partial charge on any atom is 0.167 e. The van der Waals surface area contributed by atoms with Crippen molar-refractivity contribution in [2.75, 3.05) is 31.9 Å². The molecule has 3 fully saturated rings. The van der Waals surface area contributed by atoms with Crippen molar-refractivity contribution in [3.05, 3.63) is 12.7 Å². The summed E-state index contributed by atoms with van der Waals surface area (Å²) in [5.74, 6) is 0.275. The van der Waals surface area contributed by atoms with Gasteiger partial charge >= 0.3 is 0 Å². The number of nitrogens with one attached hydrogen (secondary N) is 1. The number of aromatic nitrogens is 4. The first-order valence-corrected chi connectivity index (χ1v) is 9.49. The first-order chi connectivity index (χ1) is 13.1. The summed E-state index contributed by atoms with van der Waals surface area (Å²) in [6.07, 6.45) is 3.05. The molecule has 5 rings (SSSR count). The minimum absolute atomic E-state index is 0.223. The van der Waals surface area contributed by atoms with Crippen LogP contribution in [-0.4, -0.2) is 84.7 Å². The predicted molar refractivity (Wildman–Crippen MR) is 96.7 cm³/mol. The Morgan fingerprint density at radius 1 is 1.19 bits per heavy atom. The molecular formula is C17H25N7O3. The fourth-order valence-corrected chi connectivity index (χ4v) is 4.71. The van der Waals surface area contributed by atoms with Crippen molar-refractivity contribution in [2.45, 2.75) is 49.3 Å². The lowest BCUT2D eigenvalue weighted by Crippen LogP contribution is -2.65. The summed E-state index contributed by atoms with van der Waals surface area (Å²) >= 11 is 0. The Kier molecular flexibility index (Phi) is 4.06. The predicted octanol–water partition coefficient (Wildman–Crippen LogP) is -1.14. The van der Waals surface area contributed by atoms with Gasteiger partial charge in [0, 0.05) is 18.6 Å². The molecule has 1 spiro atoms. The summed E-state index contributed by atoms with van der Waals surface area (Å²) in [6, 6.07) is 0. The van der Waals surface area contributed by atoms with E-state index in [-0.39, 0.29) is 11.4 Å². The van der Waals surface area contributed by atoms with E-state index in [1.165, 1.54) is 19.1 Å². The average molecular weight is 375 g/mol. The number of imidazole rings is 1. The minimum atomic E-state index is -1.06. The second-order valence-electron chi connectivity index (χ2n) is 7.80. The molecule has 0 saturated carbocycles. The molecule has 0 unspecified atom stereocenters. The zero-order chi connectivity index (χ0) is 18.6. The molecule has 0 amide bonds. The van der Waals surface area contributed by atoms with Gasteiger partial charge in [0.25, 0.3) is 0 Å². The van der Waals surface area contributed by atoms with Gasteiger partial charge < -0.3 is 26.0 Å². The van der Waals surface area contributed by atoms with Crippen LogP contribution in [-0.2, 0) is 4.74 Å². The van der Waals surface area contributed by atoms with E-state index in [1.54, 1.807) is 4.57 Å². The first-order valence-electron chi connectivity index (χ1n) is 9.49. The molecule has 5 heterocycles. The zero-order valence-corrected chi connectivity index (χ0v) is 15.0. The van der Waals surface area contributed by atoms with E-state index in [9.17, 15) is 10.2 Å². The molecule has 4 atom stereocenters. The zero-order valence-electron chi connectivity index (χ0n) is 15.0. The highest BCUT2D eigenvalue weighted by molar-refractivity contribution is 5.81. The molecule has 0 aromatic carbocycles. The standard InChI is InChI=1S/C17H25N7O3/c18-14-11-15(21-8-20-14)24(9-22-11)16-13(26)12(25)10(27-16)7-23-6-3-17(23)1-4-19-5-2-17/h8-10,12-13,16,19,25-26H,1-7H2,(H2,18,20,21)/t10-,12-,13-,16-/m1/s1. The fraction of sp³-hybridized carbons (Fsp3) is 0.706. The van der Waals surface area contributed by atoms with Crippen molar-refractivity contribution in [2.24, 2.45) is 0 Å². The number of likely N-dealkylation sites (tertiary alicyclic amines) is 1. The highest BCUT2D eigenvalue weighted by Gasteiger charge is 2.50. The molecule has 2 aromatic rings. The van der Waals surface area contributed by atoms with Crippen LogP contribution in [0.3, 0.4) is 0 Å². The highest BCUT2D eigenvalue weighted by Crippen LogP contribution is 2.40. The van der Waals surface area contributed by atoms with Crippen molar-refractivity contribution in [1.82, 2.24) is 29.7 Å². The Balaban J connectivity index is 1.35. The summed E-state index contributed by atoms with van der Waals surface area (Å²) in [4.78, 5) is 14.8. The molecule has 10 heteroatoms. The van der Waals surface area contributed by atoms with Crippen LogP contribution in [0.15, 0.2) is 12.7 Å². The molecule has 10 nitrogen and oxygen atoms in total. The Hall–Kier alpha value is -1.85. The maximum atomic E-state index is 10.6. The van der Waals surface area contributed by atoms with Crippen LogP contribution in [0.25, 0.3) is 11.2 Å². The molecule has 3 aliphatic heterocycles. The summed E-state index contributed by atoms with van der Waals surface area (Å²) in [6.45, 7) is 3.67. The molecule has 2 aromatic heterocycles. The number of fused-ring (bicyclic) bond motifs is 1. The first kappa shape index (κ1) is 17.3. The van der Waals surface area contributed by atoms with E-state index >= 15 is 0 Å². The number of nitrogens with two attached hydrogens (primary N) is 1. The third kappa shape index (κ3) is 2.63. The lowest BCUT2D eigenvalue weighted by Gasteiger charge is -2.56. The summed E-state index contributed by atoms with van der Waals surface area (Å²) in [5.41, 5.74) is 7.00. The van der Waals surface area contributed by atoms with Crippen LogP contribution in [0.1, 0.15) is 25.5 Å². The molecule has 0 aliphatic carbocycles. The van der Waals surface area contributed by atoms with E-state index in [0.29, 0.717) is 17.7 Å². The second kappa shape index (κ2) is 6.35. The van der Waals surface area contributed by atoms with Gasteiger partial charge in [-0.1, -0.05) is 0 Å². The Bertz CT molecular complexity index is 837. The summed E-state index contributed by atoms with van der Waals surface area (Å²) in [5, 5.41) is 24.6.